The lowest BCUT2D eigenvalue weighted by atomic mass is 10.0. The van der Waals surface area contributed by atoms with E-state index in [0.717, 1.165) is 31.5 Å². The Labute approximate surface area is 123 Å². The van der Waals surface area contributed by atoms with Crippen molar-refractivity contribution in [2.24, 2.45) is 5.16 Å². The number of likely N-dealkylation sites (tertiary alicyclic amines) is 1. The molecule has 0 aromatic heterocycles. The van der Waals surface area contributed by atoms with Crippen LogP contribution in [-0.4, -0.2) is 36.8 Å². The van der Waals surface area contributed by atoms with Gasteiger partial charge in [0.2, 0.25) is 0 Å². The van der Waals surface area contributed by atoms with E-state index in [0.29, 0.717) is 17.0 Å². The molecule has 1 aromatic rings. The normalized spacial score (nSPS) is 20.4. The van der Waals surface area contributed by atoms with E-state index in [1.54, 1.807) is 7.11 Å². The highest BCUT2D eigenvalue weighted by Crippen LogP contribution is 2.26. The number of benzene rings is 1. The molecule has 2 heterocycles. The Morgan fingerprint density at radius 3 is 2.76 bits per heavy atom. The molecular weight excluding hydrogens is 268 g/mol. The molecule has 2 aliphatic rings. The Balaban J connectivity index is 1.93. The first-order valence-electron chi connectivity index (χ1n) is 7.18. The first-order valence-corrected chi connectivity index (χ1v) is 7.18. The lowest BCUT2D eigenvalue weighted by Crippen LogP contribution is -2.26. The number of methoxy groups -OCH3 is 1. The maximum Gasteiger partial charge on any atom is 0.369 e. The molecule has 0 saturated carbocycles. The zero-order chi connectivity index (χ0) is 14.7. The minimum absolute atomic E-state index is 0.401. The Morgan fingerprint density at radius 1 is 1.24 bits per heavy atom. The number of oxime groups is 1. The number of para-hydroxylation sites is 1. The van der Waals surface area contributed by atoms with Gasteiger partial charge in [0.1, 0.15) is 17.0 Å². The molecule has 0 unspecified atom stereocenters. The zero-order valence-corrected chi connectivity index (χ0v) is 12.0. The highest BCUT2D eigenvalue weighted by molar-refractivity contribution is 6.29. The van der Waals surface area contributed by atoms with Crippen molar-refractivity contribution >= 4 is 11.7 Å². The van der Waals surface area contributed by atoms with Gasteiger partial charge in [-0.25, -0.2) is 4.79 Å². The van der Waals surface area contributed by atoms with Gasteiger partial charge in [-0.15, -0.1) is 0 Å². The fourth-order valence-electron chi connectivity index (χ4n) is 2.66. The largest absolute Gasteiger partial charge is 0.496 e. The minimum atomic E-state index is -0.401. The van der Waals surface area contributed by atoms with Crippen LogP contribution in [0.15, 0.2) is 41.2 Å². The van der Waals surface area contributed by atoms with Crippen LogP contribution in [0.3, 0.4) is 0 Å². The van der Waals surface area contributed by atoms with Gasteiger partial charge < -0.3 is 14.5 Å². The standard InChI is InChI=1S/C16H18N2O3/c1-20-14-8-4-3-7-12(14)15-13(16(19)21-17-15)11-18-9-5-2-6-10-18/h3-4,7-8,11H,2,5-6,9-10H2,1H3/b13-11-. The molecule has 0 N–H and O–H groups in total. The van der Waals surface area contributed by atoms with Gasteiger partial charge >= 0.3 is 5.97 Å². The van der Waals surface area contributed by atoms with Crippen LogP contribution in [0.2, 0.25) is 0 Å². The second kappa shape index (κ2) is 5.99. The molecule has 1 fully saturated rings. The predicted molar refractivity (Wildman–Crippen MR) is 79.1 cm³/mol. The predicted octanol–water partition coefficient (Wildman–Crippen LogP) is 2.33. The third-order valence-corrected chi connectivity index (χ3v) is 3.76. The van der Waals surface area contributed by atoms with Gasteiger partial charge in [0, 0.05) is 24.9 Å². The first-order chi connectivity index (χ1) is 10.3. The quantitative estimate of drug-likeness (QED) is 0.632. The molecule has 110 valence electrons. The molecule has 21 heavy (non-hydrogen) atoms. The third kappa shape index (κ3) is 2.77. The Bertz CT molecular complexity index is 601. The summed E-state index contributed by atoms with van der Waals surface area (Å²) in [4.78, 5) is 19.0. The Kier molecular flexibility index (Phi) is 3.90. The smallest absolute Gasteiger partial charge is 0.369 e. The summed E-state index contributed by atoms with van der Waals surface area (Å²) in [6, 6.07) is 7.50. The van der Waals surface area contributed by atoms with Crippen LogP contribution in [0.1, 0.15) is 24.8 Å². The fourth-order valence-corrected chi connectivity index (χ4v) is 2.66. The van der Waals surface area contributed by atoms with Gasteiger partial charge in [-0.05, 0) is 31.4 Å². The van der Waals surface area contributed by atoms with Crippen LogP contribution in [0.5, 0.6) is 5.75 Å². The molecule has 3 rings (SSSR count). The second-order valence-electron chi connectivity index (χ2n) is 5.16. The van der Waals surface area contributed by atoms with Gasteiger partial charge in [0.15, 0.2) is 0 Å². The number of carbonyl (C=O) groups excluding carboxylic acids is 1. The van der Waals surface area contributed by atoms with E-state index in [2.05, 4.69) is 10.1 Å². The molecule has 1 aromatic carbocycles. The molecule has 1 saturated heterocycles. The average molecular weight is 286 g/mol. The summed E-state index contributed by atoms with van der Waals surface area (Å²) in [5.41, 5.74) is 1.82. The number of rotatable bonds is 3. The molecule has 0 amide bonds. The maximum atomic E-state index is 12.0. The van der Waals surface area contributed by atoms with Crippen LogP contribution in [0, 0.1) is 0 Å². The Hall–Kier alpha value is -2.30. The van der Waals surface area contributed by atoms with Crippen molar-refractivity contribution in [3.05, 3.63) is 41.6 Å². The second-order valence-corrected chi connectivity index (χ2v) is 5.16. The van der Waals surface area contributed by atoms with E-state index in [9.17, 15) is 4.79 Å². The van der Waals surface area contributed by atoms with Gasteiger partial charge in [-0.3, -0.25) is 0 Å². The van der Waals surface area contributed by atoms with E-state index in [-0.39, 0.29) is 0 Å². The van der Waals surface area contributed by atoms with Crippen LogP contribution < -0.4 is 4.74 Å². The number of hydrogen-bond acceptors (Lipinski definition) is 5. The molecule has 0 spiro atoms. The molecule has 0 aliphatic carbocycles. The maximum absolute atomic E-state index is 12.0. The van der Waals surface area contributed by atoms with Crippen molar-refractivity contribution in [3.8, 4) is 5.75 Å². The molecule has 0 radical (unpaired) electrons. The summed E-state index contributed by atoms with van der Waals surface area (Å²) in [6.45, 7) is 1.94. The molecular formula is C16H18N2O3. The van der Waals surface area contributed by atoms with Gasteiger partial charge in [0.25, 0.3) is 0 Å². The summed E-state index contributed by atoms with van der Waals surface area (Å²) < 4.78 is 5.34. The highest BCUT2D eigenvalue weighted by Gasteiger charge is 2.29. The van der Waals surface area contributed by atoms with Crippen molar-refractivity contribution in [2.75, 3.05) is 20.2 Å². The summed E-state index contributed by atoms with van der Waals surface area (Å²) in [6.07, 6.45) is 5.43. The third-order valence-electron chi connectivity index (χ3n) is 3.76. The van der Waals surface area contributed by atoms with Crippen LogP contribution in [0.4, 0.5) is 0 Å². The lowest BCUT2D eigenvalue weighted by molar-refractivity contribution is -0.136. The highest BCUT2D eigenvalue weighted by atomic mass is 16.7. The summed E-state index contributed by atoms with van der Waals surface area (Å²) in [5.74, 6) is 0.278. The van der Waals surface area contributed by atoms with Crippen molar-refractivity contribution in [1.29, 1.82) is 0 Å². The zero-order valence-electron chi connectivity index (χ0n) is 12.0. The molecule has 0 atom stereocenters. The van der Waals surface area contributed by atoms with Gasteiger partial charge in [0.05, 0.1) is 7.11 Å². The van der Waals surface area contributed by atoms with E-state index >= 15 is 0 Å². The number of hydrogen-bond donors (Lipinski definition) is 0. The Morgan fingerprint density at radius 2 is 2.00 bits per heavy atom. The van der Waals surface area contributed by atoms with Gasteiger partial charge in [-0.2, -0.15) is 0 Å². The topological polar surface area (TPSA) is 51.1 Å². The van der Waals surface area contributed by atoms with Gasteiger partial charge in [-0.1, -0.05) is 17.3 Å². The SMILES string of the molecule is COc1ccccc1C1=NOC(=O)/C1=C\N1CCCCC1. The fraction of sp³-hybridized carbons (Fsp3) is 0.375. The average Bonchev–Trinajstić information content (AvgIpc) is 2.89. The molecule has 5 heteroatoms. The van der Waals surface area contributed by atoms with Crippen LogP contribution in [-0.2, 0) is 9.63 Å². The number of nitrogens with zero attached hydrogens (tertiary/aromatic N) is 2. The van der Waals surface area contributed by atoms with Crippen molar-refractivity contribution in [2.45, 2.75) is 19.3 Å². The van der Waals surface area contributed by atoms with E-state index in [1.165, 1.54) is 6.42 Å². The molecule has 0 bridgehead atoms. The van der Waals surface area contributed by atoms with E-state index in [1.807, 2.05) is 30.5 Å². The minimum Gasteiger partial charge on any atom is -0.496 e. The summed E-state index contributed by atoms with van der Waals surface area (Å²) in [5, 5.41) is 3.93. The van der Waals surface area contributed by atoms with Crippen LogP contribution >= 0.6 is 0 Å². The number of carbonyl (C=O) groups is 1. The molecule has 2 aliphatic heterocycles. The van der Waals surface area contributed by atoms with Crippen molar-refractivity contribution in [1.82, 2.24) is 4.90 Å². The summed E-state index contributed by atoms with van der Waals surface area (Å²) >= 11 is 0. The summed E-state index contributed by atoms with van der Waals surface area (Å²) in [7, 11) is 1.60. The number of piperidine rings is 1. The first kappa shape index (κ1) is 13.7. The van der Waals surface area contributed by atoms with Crippen molar-refractivity contribution in [3.63, 3.8) is 0 Å². The monoisotopic (exact) mass is 286 g/mol. The van der Waals surface area contributed by atoms with E-state index < -0.39 is 5.97 Å². The lowest BCUT2D eigenvalue weighted by Gasteiger charge is -2.25. The van der Waals surface area contributed by atoms with Crippen molar-refractivity contribution < 1.29 is 14.4 Å². The number of ether oxygens (including phenoxy) is 1. The molecule has 5 nitrogen and oxygen atoms in total. The van der Waals surface area contributed by atoms with Crippen LogP contribution in [0.25, 0.3) is 0 Å². The van der Waals surface area contributed by atoms with E-state index in [4.69, 9.17) is 9.57 Å².